The number of halogens is 2. The van der Waals surface area contributed by atoms with E-state index in [0.29, 0.717) is 23.6 Å². The third-order valence-electron chi connectivity index (χ3n) is 4.24. The van der Waals surface area contributed by atoms with Crippen molar-refractivity contribution >= 4 is 11.5 Å². The lowest BCUT2D eigenvalue weighted by Crippen LogP contribution is -2.25. The van der Waals surface area contributed by atoms with Crippen molar-refractivity contribution in [3.63, 3.8) is 0 Å². The van der Waals surface area contributed by atoms with Crippen LogP contribution in [0.2, 0.25) is 0 Å². The van der Waals surface area contributed by atoms with Crippen molar-refractivity contribution in [2.45, 2.75) is 18.9 Å². The minimum absolute atomic E-state index is 0.233. The van der Waals surface area contributed by atoms with Crippen LogP contribution >= 0.6 is 0 Å². The number of ether oxygens (including phenoxy) is 1. The highest BCUT2D eigenvalue weighted by molar-refractivity contribution is 5.52. The summed E-state index contributed by atoms with van der Waals surface area (Å²) in [6.45, 7) is 0.624. The fourth-order valence-electron chi connectivity index (χ4n) is 3.22. The fourth-order valence-corrected chi connectivity index (χ4v) is 3.22. The first kappa shape index (κ1) is 14.8. The summed E-state index contributed by atoms with van der Waals surface area (Å²) in [7, 11) is 1.49. The fraction of sp³-hybridized carbons (Fsp3) is 0.312. The minimum atomic E-state index is -0.471. The monoisotopic (exact) mass is 331 g/mol. The molecule has 3 aromatic rings. The predicted octanol–water partition coefficient (Wildman–Crippen LogP) is 2.75. The van der Waals surface area contributed by atoms with E-state index in [0.717, 1.165) is 19.0 Å². The second-order valence-corrected chi connectivity index (χ2v) is 5.65. The quantitative estimate of drug-likeness (QED) is 0.739. The lowest BCUT2D eigenvalue weighted by molar-refractivity contribution is 0.385. The summed E-state index contributed by atoms with van der Waals surface area (Å²) in [5.74, 6) is -0.338. The van der Waals surface area contributed by atoms with E-state index in [9.17, 15) is 8.78 Å². The smallest absolute Gasteiger partial charge is 0.218 e. The van der Waals surface area contributed by atoms with E-state index in [-0.39, 0.29) is 11.9 Å². The molecule has 24 heavy (non-hydrogen) atoms. The van der Waals surface area contributed by atoms with Gasteiger partial charge in [-0.05, 0) is 18.9 Å². The van der Waals surface area contributed by atoms with Gasteiger partial charge in [-0.15, -0.1) is 0 Å². The molecule has 0 radical (unpaired) electrons. The van der Waals surface area contributed by atoms with Gasteiger partial charge in [0.15, 0.2) is 17.3 Å². The molecule has 0 aromatic carbocycles. The SMILES string of the molecule is COc1ncc(F)cc1C1CCCN1c1nc2ccnn2cc1F. The number of rotatable bonds is 3. The van der Waals surface area contributed by atoms with Crippen LogP contribution in [-0.2, 0) is 0 Å². The predicted molar refractivity (Wildman–Crippen MR) is 83.0 cm³/mol. The van der Waals surface area contributed by atoms with E-state index in [4.69, 9.17) is 4.74 Å². The van der Waals surface area contributed by atoms with Gasteiger partial charge in [0.05, 0.1) is 31.7 Å². The Bertz CT molecular complexity index is 897. The number of methoxy groups -OCH3 is 1. The van der Waals surface area contributed by atoms with Crippen molar-refractivity contribution in [1.82, 2.24) is 19.6 Å². The third kappa shape index (κ3) is 2.34. The molecule has 6 nitrogen and oxygen atoms in total. The van der Waals surface area contributed by atoms with Crippen LogP contribution in [-0.4, -0.2) is 33.2 Å². The number of pyridine rings is 1. The molecule has 1 aliphatic heterocycles. The van der Waals surface area contributed by atoms with Crippen molar-refractivity contribution in [3.8, 4) is 5.88 Å². The number of fused-ring (bicyclic) bond motifs is 1. The van der Waals surface area contributed by atoms with E-state index in [1.165, 1.54) is 23.9 Å². The van der Waals surface area contributed by atoms with Gasteiger partial charge in [0.25, 0.3) is 0 Å². The molecule has 1 fully saturated rings. The zero-order valence-electron chi connectivity index (χ0n) is 13.0. The van der Waals surface area contributed by atoms with Crippen molar-refractivity contribution in [1.29, 1.82) is 0 Å². The highest BCUT2D eigenvalue weighted by Crippen LogP contribution is 2.39. The number of hydrogen-bond acceptors (Lipinski definition) is 5. The van der Waals surface area contributed by atoms with Crippen LogP contribution in [0, 0.1) is 11.6 Å². The van der Waals surface area contributed by atoms with Crippen LogP contribution in [0.5, 0.6) is 5.88 Å². The Kier molecular flexibility index (Phi) is 3.51. The summed E-state index contributed by atoms with van der Waals surface area (Å²) < 4.78 is 34.8. The van der Waals surface area contributed by atoms with E-state index >= 15 is 0 Å². The Morgan fingerprint density at radius 1 is 1.33 bits per heavy atom. The van der Waals surface area contributed by atoms with Gasteiger partial charge in [-0.3, -0.25) is 0 Å². The van der Waals surface area contributed by atoms with Gasteiger partial charge >= 0.3 is 0 Å². The standard InChI is InChI=1S/C16H15F2N5O/c1-24-16-11(7-10(17)8-19-16)13-3-2-6-22(13)15-12(18)9-23-14(21-15)4-5-20-23/h4-5,7-9,13H,2-3,6H2,1H3. The lowest BCUT2D eigenvalue weighted by atomic mass is 10.1. The average molecular weight is 331 g/mol. The Morgan fingerprint density at radius 2 is 2.21 bits per heavy atom. The van der Waals surface area contributed by atoms with Gasteiger partial charge in [0.2, 0.25) is 5.88 Å². The first-order valence-corrected chi connectivity index (χ1v) is 7.63. The third-order valence-corrected chi connectivity index (χ3v) is 4.24. The van der Waals surface area contributed by atoms with E-state index in [1.54, 1.807) is 12.3 Å². The molecule has 4 heterocycles. The van der Waals surface area contributed by atoms with Crippen LogP contribution in [0.25, 0.3) is 5.65 Å². The molecule has 0 saturated carbocycles. The number of nitrogens with zero attached hydrogens (tertiary/aromatic N) is 5. The molecular formula is C16H15F2N5O. The molecule has 8 heteroatoms. The number of aromatic nitrogens is 4. The first-order valence-electron chi connectivity index (χ1n) is 7.63. The van der Waals surface area contributed by atoms with Crippen LogP contribution in [0.4, 0.5) is 14.6 Å². The Hall–Kier alpha value is -2.77. The van der Waals surface area contributed by atoms with E-state index in [1.807, 2.05) is 4.90 Å². The molecule has 0 bridgehead atoms. The Morgan fingerprint density at radius 3 is 3.04 bits per heavy atom. The molecule has 1 atom stereocenters. The summed E-state index contributed by atoms with van der Waals surface area (Å²) in [6.07, 6.45) is 5.56. The molecule has 1 saturated heterocycles. The summed E-state index contributed by atoms with van der Waals surface area (Å²) >= 11 is 0. The Labute approximate surface area is 136 Å². The normalized spacial score (nSPS) is 17.6. The van der Waals surface area contributed by atoms with Crippen LogP contribution in [0.1, 0.15) is 24.4 Å². The van der Waals surface area contributed by atoms with Crippen molar-refractivity contribution in [3.05, 3.63) is 47.9 Å². The maximum Gasteiger partial charge on any atom is 0.218 e. The molecule has 1 unspecified atom stereocenters. The molecule has 0 N–H and O–H groups in total. The van der Waals surface area contributed by atoms with Gasteiger partial charge in [-0.1, -0.05) is 0 Å². The maximum absolute atomic E-state index is 14.5. The summed E-state index contributed by atoms with van der Waals surface area (Å²) in [6, 6.07) is 2.86. The first-order chi connectivity index (χ1) is 11.7. The molecule has 1 aliphatic rings. The van der Waals surface area contributed by atoms with Gasteiger partial charge < -0.3 is 9.64 Å². The maximum atomic E-state index is 14.5. The molecule has 4 rings (SSSR count). The highest BCUT2D eigenvalue weighted by atomic mass is 19.1. The van der Waals surface area contributed by atoms with E-state index in [2.05, 4.69) is 15.1 Å². The molecule has 0 aliphatic carbocycles. The molecule has 0 amide bonds. The second-order valence-electron chi connectivity index (χ2n) is 5.65. The van der Waals surface area contributed by atoms with Gasteiger partial charge in [-0.2, -0.15) is 5.10 Å². The summed E-state index contributed by atoms with van der Waals surface area (Å²) in [5, 5.41) is 3.98. The van der Waals surface area contributed by atoms with Crippen LogP contribution in [0.15, 0.2) is 30.7 Å². The second kappa shape index (κ2) is 5.70. The van der Waals surface area contributed by atoms with Gasteiger partial charge in [0, 0.05) is 18.2 Å². The van der Waals surface area contributed by atoms with Gasteiger partial charge in [0.1, 0.15) is 5.82 Å². The number of anilines is 1. The summed E-state index contributed by atoms with van der Waals surface area (Å²) in [5.41, 5.74) is 1.16. The number of hydrogen-bond donors (Lipinski definition) is 0. The highest BCUT2D eigenvalue weighted by Gasteiger charge is 2.32. The lowest BCUT2D eigenvalue weighted by Gasteiger charge is -2.27. The van der Waals surface area contributed by atoms with Crippen LogP contribution < -0.4 is 9.64 Å². The molecule has 3 aromatic heterocycles. The van der Waals surface area contributed by atoms with Crippen LogP contribution in [0.3, 0.4) is 0 Å². The van der Waals surface area contributed by atoms with E-state index < -0.39 is 11.6 Å². The average Bonchev–Trinajstić information content (AvgIpc) is 3.22. The zero-order chi connectivity index (χ0) is 16.7. The Balaban J connectivity index is 1.79. The topological polar surface area (TPSA) is 55.5 Å². The zero-order valence-corrected chi connectivity index (χ0v) is 13.0. The van der Waals surface area contributed by atoms with Gasteiger partial charge in [-0.25, -0.2) is 23.3 Å². The molecular weight excluding hydrogens is 316 g/mol. The minimum Gasteiger partial charge on any atom is -0.481 e. The van der Waals surface area contributed by atoms with Crippen molar-refractivity contribution in [2.24, 2.45) is 0 Å². The molecule has 124 valence electrons. The van der Waals surface area contributed by atoms with Crippen molar-refractivity contribution < 1.29 is 13.5 Å². The largest absolute Gasteiger partial charge is 0.481 e. The molecule has 0 spiro atoms. The summed E-state index contributed by atoms with van der Waals surface area (Å²) in [4.78, 5) is 10.2. The van der Waals surface area contributed by atoms with Crippen molar-refractivity contribution in [2.75, 3.05) is 18.6 Å².